The van der Waals surface area contributed by atoms with E-state index in [9.17, 15) is 15.3 Å². The minimum Gasteiger partial charge on any atom is -1.00 e. The maximum absolute atomic E-state index is 12.9. The van der Waals surface area contributed by atoms with Crippen molar-refractivity contribution in [3.63, 3.8) is 0 Å². The number of aryl methyl sites for hydroxylation is 1. The predicted molar refractivity (Wildman–Crippen MR) is 156 cm³/mol. The van der Waals surface area contributed by atoms with Crippen LogP contribution in [0.5, 0.6) is 0 Å². The summed E-state index contributed by atoms with van der Waals surface area (Å²) in [4.78, 5) is 0. The van der Waals surface area contributed by atoms with Gasteiger partial charge in [-0.1, -0.05) is 78.6 Å². The van der Waals surface area contributed by atoms with Crippen molar-refractivity contribution in [1.82, 2.24) is 0 Å². The van der Waals surface area contributed by atoms with E-state index in [1.54, 1.807) is 27.7 Å². The first-order valence-electron chi connectivity index (χ1n) is 13.3. The Kier molecular flexibility index (Phi) is 25.1. The van der Waals surface area contributed by atoms with Crippen LogP contribution in [0, 0.1) is 5.92 Å². The molecule has 0 aliphatic rings. The molecular formula is C31H55BrO4SiTi. The minimum absolute atomic E-state index is 0. The largest absolute Gasteiger partial charge is 3.00 e. The summed E-state index contributed by atoms with van der Waals surface area (Å²) < 4.78 is 5.71. The van der Waals surface area contributed by atoms with Gasteiger partial charge in [0.25, 0.3) is 0 Å². The molecule has 0 aromatic heterocycles. The van der Waals surface area contributed by atoms with Gasteiger partial charge in [0, 0.05) is 0 Å². The van der Waals surface area contributed by atoms with Gasteiger partial charge < -0.3 is 31.9 Å². The van der Waals surface area contributed by atoms with Gasteiger partial charge in [-0.2, -0.15) is 0 Å². The van der Waals surface area contributed by atoms with Crippen molar-refractivity contribution >= 4 is 25.8 Å². The average Bonchev–Trinajstić information content (AvgIpc) is 2.63. The molecule has 1 unspecified atom stereocenters. The third-order valence-corrected chi connectivity index (χ3v) is 6.91. The molecule has 0 saturated heterocycles. The molecule has 0 N–H and O–H groups in total. The van der Waals surface area contributed by atoms with E-state index in [0.717, 1.165) is 34.9 Å². The van der Waals surface area contributed by atoms with Crippen LogP contribution in [0.25, 0.3) is 12.5 Å². The minimum atomic E-state index is -1.69. The van der Waals surface area contributed by atoms with Gasteiger partial charge in [0.15, 0.2) is 0 Å². The van der Waals surface area contributed by atoms with Crippen LogP contribution in [0.2, 0.25) is 19.6 Å². The number of halogens is 1. The summed E-state index contributed by atoms with van der Waals surface area (Å²) >= 11 is 0. The van der Waals surface area contributed by atoms with Gasteiger partial charge in [0.2, 0.25) is 0 Å². The smallest absolute Gasteiger partial charge is 1.00 e. The fourth-order valence-electron chi connectivity index (χ4n) is 3.25. The zero-order chi connectivity index (χ0) is 28.9. The quantitative estimate of drug-likeness (QED) is 0.319. The summed E-state index contributed by atoms with van der Waals surface area (Å²) in [6, 6.07) is 4.21. The zero-order valence-electron chi connectivity index (χ0n) is 26.5. The first-order chi connectivity index (χ1) is 16.2. The zero-order valence-corrected chi connectivity index (χ0v) is 30.7. The van der Waals surface area contributed by atoms with Gasteiger partial charge >= 0.3 is 27.7 Å². The first kappa shape index (κ1) is 44.6. The molecule has 0 amide bonds. The van der Waals surface area contributed by atoms with Crippen LogP contribution in [0.3, 0.4) is 0 Å². The number of ether oxygens (including phenoxy) is 1. The van der Waals surface area contributed by atoms with Crippen LogP contribution in [-0.4, -0.2) is 25.9 Å². The van der Waals surface area contributed by atoms with Crippen LogP contribution in [-0.2, 0) is 38.0 Å². The third kappa shape index (κ3) is 24.7. The summed E-state index contributed by atoms with van der Waals surface area (Å²) in [6.45, 7) is 29.9. The van der Waals surface area contributed by atoms with E-state index in [1.165, 1.54) is 17.6 Å². The Morgan fingerprint density at radius 2 is 1.45 bits per heavy atom. The van der Waals surface area contributed by atoms with Crippen molar-refractivity contribution in [2.24, 2.45) is 5.92 Å². The number of benzene rings is 1. The Balaban J connectivity index is -0.000000506. The molecular weight excluding hydrogens is 592 g/mol. The van der Waals surface area contributed by atoms with Crippen molar-refractivity contribution in [2.75, 3.05) is 0 Å². The van der Waals surface area contributed by atoms with Crippen LogP contribution in [0.15, 0.2) is 23.8 Å². The van der Waals surface area contributed by atoms with Crippen LogP contribution >= 0.6 is 0 Å². The van der Waals surface area contributed by atoms with Gasteiger partial charge in [0.1, 0.15) is 5.60 Å². The summed E-state index contributed by atoms with van der Waals surface area (Å²) in [7, 11) is -1.69. The number of hydrogen-bond donors (Lipinski definition) is 0. The van der Waals surface area contributed by atoms with E-state index in [4.69, 9.17) is 4.74 Å². The van der Waals surface area contributed by atoms with Gasteiger partial charge in [-0.25, -0.2) is 5.11 Å². The van der Waals surface area contributed by atoms with E-state index >= 15 is 0 Å². The van der Waals surface area contributed by atoms with Crippen molar-refractivity contribution < 1.29 is 58.8 Å². The summed E-state index contributed by atoms with van der Waals surface area (Å²) in [5.74, 6) is 0.444. The molecule has 2 radical (unpaired) electrons. The SMILES string of the molecule is C=c1cc([Si](C)(C)C)c(=C([O])OC(C)(C)C)cc1CCC(C)CCC=C(C)C.CC(C)[O-].CC(C)[O-].[Br-].[Ti+3]. The fraction of sp³-hybridized carbons (Fsp3) is 0.677. The Morgan fingerprint density at radius 1 is 1.00 bits per heavy atom. The first-order valence-corrected chi connectivity index (χ1v) is 16.8. The Bertz CT molecular complexity index is 885. The molecule has 4 nitrogen and oxygen atoms in total. The summed E-state index contributed by atoms with van der Waals surface area (Å²) in [5.41, 5.74) is 2.07. The summed E-state index contributed by atoms with van der Waals surface area (Å²) in [5, 5.41) is 34.9. The topological polar surface area (TPSA) is 75.2 Å². The van der Waals surface area contributed by atoms with Gasteiger partial charge in [0.05, 0.1) is 13.3 Å². The molecule has 1 aromatic rings. The molecule has 0 spiro atoms. The van der Waals surface area contributed by atoms with Crippen LogP contribution in [0.1, 0.15) is 94.1 Å². The Hall–Kier alpha value is -0.369. The molecule has 0 aliphatic carbocycles. The molecule has 0 aliphatic heterocycles. The molecule has 1 rings (SSSR count). The van der Waals surface area contributed by atoms with E-state index in [2.05, 4.69) is 65.2 Å². The Morgan fingerprint density at radius 3 is 1.82 bits per heavy atom. The standard InChI is InChI=1S/C25H41O2Si.2C3H7O.BrH.Ti/c1-18(2)12-11-13-19(3)14-15-21-17-22(24(26)27-25(5,6)7)23(16-20(21)4)28(8,9)10;2*1-3(2)4;;/h12,16-17,19H,4,11,13-15H2,1-3,5-10H3;2*3H,1-2H3;1H;/q;2*-1;;+3/p-1. The monoisotopic (exact) mass is 646 g/mol. The van der Waals surface area contributed by atoms with Crippen molar-refractivity contribution in [3.05, 3.63) is 39.8 Å². The maximum Gasteiger partial charge on any atom is 3.00 e. The van der Waals surface area contributed by atoms with Gasteiger partial charge in [-0.15, -0.1) is 12.2 Å². The second-order valence-corrected chi connectivity index (χ2v) is 17.6. The number of allylic oxidation sites excluding steroid dienone is 2. The van der Waals surface area contributed by atoms with Crippen molar-refractivity contribution in [3.8, 4) is 0 Å². The molecule has 0 bridgehead atoms. The van der Waals surface area contributed by atoms with Crippen LogP contribution in [0.4, 0.5) is 0 Å². The average molecular weight is 648 g/mol. The number of hydrogen-bond acceptors (Lipinski definition) is 3. The molecule has 1 aromatic carbocycles. The van der Waals surface area contributed by atoms with Crippen LogP contribution < -0.4 is 42.8 Å². The van der Waals surface area contributed by atoms with E-state index in [-0.39, 0.29) is 44.6 Å². The fourth-order valence-corrected chi connectivity index (χ4v) is 4.84. The van der Waals surface area contributed by atoms with Crippen molar-refractivity contribution in [2.45, 2.75) is 132 Å². The predicted octanol–water partition coefficient (Wildman–Crippen LogP) is 1.78. The molecule has 0 saturated carbocycles. The number of rotatable bonds is 8. The normalized spacial score (nSPS) is 12.6. The Labute approximate surface area is 261 Å². The van der Waals surface area contributed by atoms with Gasteiger partial charge in [-0.3, -0.25) is 0 Å². The molecule has 1 atom stereocenters. The molecule has 38 heavy (non-hydrogen) atoms. The van der Waals surface area contributed by atoms with E-state index in [1.807, 2.05) is 20.8 Å². The molecule has 0 fully saturated rings. The maximum atomic E-state index is 12.9. The second kappa shape index (κ2) is 21.4. The van der Waals surface area contributed by atoms with E-state index < -0.39 is 25.9 Å². The molecule has 7 heteroatoms. The second-order valence-electron chi connectivity index (χ2n) is 12.5. The summed E-state index contributed by atoms with van der Waals surface area (Å²) in [6.07, 6.45) is 5.88. The van der Waals surface area contributed by atoms with E-state index in [0.29, 0.717) is 5.92 Å². The molecule has 218 valence electrons. The van der Waals surface area contributed by atoms with Crippen molar-refractivity contribution in [1.29, 1.82) is 0 Å². The van der Waals surface area contributed by atoms with Gasteiger partial charge in [-0.05, 0) is 88.3 Å². The third-order valence-electron chi connectivity index (χ3n) is 4.89. The molecule has 0 heterocycles.